The van der Waals surface area contributed by atoms with E-state index in [-0.39, 0.29) is 19.0 Å². The van der Waals surface area contributed by atoms with Crippen molar-refractivity contribution in [3.05, 3.63) is 29.3 Å². The third-order valence-corrected chi connectivity index (χ3v) is 3.92. The van der Waals surface area contributed by atoms with Crippen LogP contribution in [0.4, 0.5) is 5.69 Å². The van der Waals surface area contributed by atoms with Crippen LogP contribution in [0.1, 0.15) is 13.3 Å². The number of sulfonamides is 1. The van der Waals surface area contributed by atoms with Gasteiger partial charge in [0.15, 0.2) is 0 Å². The Kier molecular flexibility index (Phi) is 5.62. The standard InChI is InChI=1S/C12H17ClN2O3S/c1-3-12(16)14-8-9-15(19(2,17)18)11-6-4-10(13)5-7-11/h4-7H,3,8-9H2,1-2H3,(H,14,16). The van der Waals surface area contributed by atoms with Crippen LogP contribution in [0.5, 0.6) is 0 Å². The van der Waals surface area contributed by atoms with Gasteiger partial charge in [0, 0.05) is 18.0 Å². The van der Waals surface area contributed by atoms with Crippen molar-refractivity contribution in [2.24, 2.45) is 0 Å². The average molecular weight is 305 g/mol. The van der Waals surface area contributed by atoms with Gasteiger partial charge >= 0.3 is 0 Å². The second kappa shape index (κ2) is 6.77. The molecular weight excluding hydrogens is 288 g/mol. The maximum Gasteiger partial charge on any atom is 0.232 e. The molecule has 0 fully saturated rings. The Morgan fingerprint density at radius 2 is 1.89 bits per heavy atom. The average Bonchev–Trinajstić information content (AvgIpc) is 2.34. The quantitative estimate of drug-likeness (QED) is 0.868. The molecule has 0 heterocycles. The van der Waals surface area contributed by atoms with E-state index < -0.39 is 10.0 Å². The van der Waals surface area contributed by atoms with Crippen LogP contribution < -0.4 is 9.62 Å². The number of rotatable bonds is 6. The molecule has 0 atom stereocenters. The number of hydrogen-bond acceptors (Lipinski definition) is 3. The first kappa shape index (κ1) is 15.8. The number of hydrogen-bond donors (Lipinski definition) is 1. The van der Waals surface area contributed by atoms with Crippen LogP contribution in [0.15, 0.2) is 24.3 Å². The first-order valence-electron chi connectivity index (χ1n) is 5.84. The maximum atomic E-state index is 11.7. The predicted molar refractivity (Wildman–Crippen MR) is 76.9 cm³/mol. The zero-order chi connectivity index (χ0) is 14.5. The van der Waals surface area contributed by atoms with Gasteiger partial charge in [-0.2, -0.15) is 0 Å². The molecular formula is C12H17ClN2O3S. The fourth-order valence-electron chi connectivity index (χ4n) is 1.52. The summed E-state index contributed by atoms with van der Waals surface area (Å²) in [5.74, 6) is -0.107. The van der Waals surface area contributed by atoms with Gasteiger partial charge < -0.3 is 5.32 Å². The molecule has 0 saturated carbocycles. The molecule has 1 N–H and O–H groups in total. The van der Waals surface area contributed by atoms with Gasteiger partial charge in [0.25, 0.3) is 0 Å². The molecule has 0 unspecified atom stereocenters. The van der Waals surface area contributed by atoms with Crippen LogP contribution in [0.25, 0.3) is 0 Å². The van der Waals surface area contributed by atoms with E-state index in [1.54, 1.807) is 31.2 Å². The van der Waals surface area contributed by atoms with Crippen molar-refractivity contribution in [3.8, 4) is 0 Å². The number of benzene rings is 1. The van der Waals surface area contributed by atoms with Gasteiger partial charge in [-0.25, -0.2) is 8.42 Å². The van der Waals surface area contributed by atoms with Crippen molar-refractivity contribution in [2.75, 3.05) is 23.7 Å². The Balaban J connectivity index is 2.79. The summed E-state index contributed by atoms with van der Waals surface area (Å²) in [7, 11) is -3.40. The van der Waals surface area contributed by atoms with Crippen molar-refractivity contribution < 1.29 is 13.2 Å². The highest BCUT2D eigenvalue weighted by Gasteiger charge is 2.17. The number of amides is 1. The molecule has 1 aromatic carbocycles. The van der Waals surface area contributed by atoms with Crippen LogP contribution in [0.3, 0.4) is 0 Å². The van der Waals surface area contributed by atoms with E-state index in [2.05, 4.69) is 5.32 Å². The van der Waals surface area contributed by atoms with E-state index >= 15 is 0 Å². The van der Waals surface area contributed by atoms with E-state index in [0.717, 1.165) is 6.26 Å². The minimum Gasteiger partial charge on any atom is -0.354 e. The lowest BCUT2D eigenvalue weighted by Gasteiger charge is -2.22. The molecule has 0 aliphatic rings. The Morgan fingerprint density at radius 3 is 2.37 bits per heavy atom. The first-order chi connectivity index (χ1) is 8.84. The van der Waals surface area contributed by atoms with Crippen LogP contribution in [-0.2, 0) is 14.8 Å². The van der Waals surface area contributed by atoms with Gasteiger partial charge in [0.05, 0.1) is 18.5 Å². The predicted octanol–water partition coefficient (Wildman–Crippen LogP) is 1.63. The monoisotopic (exact) mass is 304 g/mol. The summed E-state index contributed by atoms with van der Waals surface area (Å²) in [5, 5.41) is 3.18. The number of carbonyl (C=O) groups excluding carboxylic acids is 1. The fourth-order valence-corrected chi connectivity index (χ4v) is 2.57. The van der Waals surface area contributed by atoms with Crippen molar-refractivity contribution in [3.63, 3.8) is 0 Å². The molecule has 19 heavy (non-hydrogen) atoms. The SMILES string of the molecule is CCC(=O)NCCN(c1ccc(Cl)cc1)S(C)(=O)=O. The number of nitrogens with zero attached hydrogens (tertiary/aromatic N) is 1. The molecule has 0 bridgehead atoms. The van der Waals surface area contributed by atoms with Crippen LogP contribution >= 0.6 is 11.6 Å². The largest absolute Gasteiger partial charge is 0.354 e. The molecule has 106 valence electrons. The second-order valence-corrected chi connectivity index (χ2v) is 6.36. The minimum atomic E-state index is -3.40. The van der Waals surface area contributed by atoms with E-state index in [0.29, 0.717) is 17.1 Å². The Morgan fingerprint density at radius 1 is 1.32 bits per heavy atom. The second-order valence-electron chi connectivity index (χ2n) is 4.02. The van der Waals surface area contributed by atoms with Gasteiger partial charge in [-0.05, 0) is 24.3 Å². The molecule has 1 aromatic rings. The molecule has 1 amide bonds. The van der Waals surface area contributed by atoms with Crippen molar-refractivity contribution in [1.82, 2.24) is 5.32 Å². The molecule has 7 heteroatoms. The van der Waals surface area contributed by atoms with Gasteiger partial charge in [-0.3, -0.25) is 9.10 Å². The Hall–Kier alpha value is -1.27. The highest BCUT2D eigenvalue weighted by Crippen LogP contribution is 2.19. The summed E-state index contributed by atoms with van der Waals surface area (Å²) in [6.45, 7) is 2.19. The Labute approximate surface area is 118 Å². The summed E-state index contributed by atoms with van der Waals surface area (Å²) in [4.78, 5) is 11.1. The first-order valence-corrected chi connectivity index (χ1v) is 8.07. The topological polar surface area (TPSA) is 66.5 Å². The molecule has 0 saturated heterocycles. The molecule has 5 nitrogen and oxygen atoms in total. The lowest BCUT2D eigenvalue weighted by atomic mass is 10.3. The highest BCUT2D eigenvalue weighted by molar-refractivity contribution is 7.92. The normalized spacial score (nSPS) is 11.1. The van der Waals surface area contributed by atoms with Gasteiger partial charge in [0.2, 0.25) is 15.9 Å². The lowest BCUT2D eigenvalue weighted by Crippen LogP contribution is -2.37. The zero-order valence-electron chi connectivity index (χ0n) is 10.9. The van der Waals surface area contributed by atoms with Crippen LogP contribution in [0.2, 0.25) is 5.02 Å². The molecule has 0 aliphatic carbocycles. The molecule has 0 radical (unpaired) electrons. The zero-order valence-corrected chi connectivity index (χ0v) is 12.5. The fraction of sp³-hybridized carbons (Fsp3) is 0.417. The molecule has 1 rings (SSSR count). The summed E-state index contributed by atoms with van der Waals surface area (Å²) >= 11 is 5.77. The van der Waals surface area contributed by atoms with E-state index in [9.17, 15) is 13.2 Å². The summed E-state index contributed by atoms with van der Waals surface area (Å²) in [5.41, 5.74) is 0.526. The molecule has 0 aliphatic heterocycles. The van der Waals surface area contributed by atoms with Crippen molar-refractivity contribution >= 4 is 33.2 Å². The van der Waals surface area contributed by atoms with Crippen molar-refractivity contribution in [2.45, 2.75) is 13.3 Å². The lowest BCUT2D eigenvalue weighted by molar-refractivity contribution is -0.120. The maximum absolute atomic E-state index is 11.7. The third kappa shape index (κ3) is 5.08. The van der Waals surface area contributed by atoms with Crippen molar-refractivity contribution in [1.29, 1.82) is 0 Å². The smallest absolute Gasteiger partial charge is 0.232 e. The number of halogens is 1. The summed E-state index contributed by atoms with van der Waals surface area (Å²) in [6.07, 6.45) is 1.50. The van der Waals surface area contributed by atoms with Gasteiger partial charge in [-0.15, -0.1) is 0 Å². The Bertz CT molecular complexity index is 528. The van der Waals surface area contributed by atoms with Crippen LogP contribution in [-0.4, -0.2) is 33.7 Å². The van der Waals surface area contributed by atoms with Gasteiger partial charge in [-0.1, -0.05) is 18.5 Å². The minimum absolute atomic E-state index is 0.107. The third-order valence-electron chi connectivity index (χ3n) is 2.47. The summed E-state index contributed by atoms with van der Waals surface area (Å²) < 4.78 is 24.7. The number of anilines is 1. The van der Waals surface area contributed by atoms with E-state index in [1.807, 2.05) is 0 Å². The molecule has 0 spiro atoms. The molecule has 0 aromatic heterocycles. The van der Waals surface area contributed by atoms with E-state index in [1.165, 1.54) is 4.31 Å². The van der Waals surface area contributed by atoms with Crippen LogP contribution in [0, 0.1) is 0 Å². The van der Waals surface area contributed by atoms with E-state index in [4.69, 9.17) is 11.6 Å². The van der Waals surface area contributed by atoms with Gasteiger partial charge in [0.1, 0.15) is 0 Å². The highest BCUT2D eigenvalue weighted by atomic mass is 35.5. The number of nitrogens with one attached hydrogen (secondary N) is 1. The summed E-state index contributed by atoms with van der Waals surface area (Å²) in [6, 6.07) is 6.51. The number of carbonyl (C=O) groups is 1.